The van der Waals surface area contributed by atoms with E-state index in [9.17, 15) is 18.8 Å². The molecule has 0 atom stereocenters. The summed E-state index contributed by atoms with van der Waals surface area (Å²) in [7, 11) is 0. The van der Waals surface area contributed by atoms with Gasteiger partial charge in [-0.3, -0.25) is 25.2 Å². The van der Waals surface area contributed by atoms with Gasteiger partial charge in [0.2, 0.25) is 5.91 Å². The Morgan fingerprint density at radius 1 is 0.944 bits per heavy atom. The molecular formula is C27H23FN4O4. The lowest BCUT2D eigenvalue weighted by atomic mass is 9.95. The number of pyridine rings is 1. The monoisotopic (exact) mass is 486 g/mol. The van der Waals surface area contributed by atoms with E-state index in [0.717, 1.165) is 0 Å². The number of hydrogen-bond donors (Lipinski definition) is 2. The minimum atomic E-state index is -0.473. The molecule has 3 amide bonds. The van der Waals surface area contributed by atoms with Crippen molar-refractivity contribution in [1.82, 2.24) is 20.7 Å². The zero-order valence-electron chi connectivity index (χ0n) is 19.2. The molecule has 182 valence electrons. The number of fused-ring (bicyclic) bond motifs is 1. The van der Waals surface area contributed by atoms with Crippen LogP contribution >= 0.6 is 0 Å². The molecule has 4 aromatic rings. The number of piperidine rings is 1. The Hall–Kier alpha value is -4.53. The first-order chi connectivity index (χ1) is 17.5. The van der Waals surface area contributed by atoms with E-state index in [0.29, 0.717) is 59.4 Å². The molecule has 3 heterocycles. The van der Waals surface area contributed by atoms with Crippen LogP contribution in [0, 0.1) is 11.7 Å². The maximum absolute atomic E-state index is 13.1. The molecule has 1 saturated heterocycles. The van der Waals surface area contributed by atoms with E-state index in [1.165, 1.54) is 30.5 Å². The smallest absolute Gasteiger partial charge is 0.270 e. The lowest BCUT2D eigenvalue weighted by Crippen LogP contribution is -2.48. The number of furan rings is 1. The van der Waals surface area contributed by atoms with E-state index >= 15 is 0 Å². The number of carbonyl (C=O) groups excluding carboxylic acids is 3. The van der Waals surface area contributed by atoms with E-state index in [1.54, 1.807) is 35.2 Å². The molecule has 8 nitrogen and oxygen atoms in total. The minimum Gasteiger partial charge on any atom is -0.463 e. The molecule has 1 aliphatic heterocycles. The van der Waals surface area contributed by atoms with Crippen LogP contribution in [0.25, 0.3) is 22.4 Å². The number of nitrogens with zero attached hydrogens (tertiary/aromatic N) is 2. The van der Waals surface area contributed by atoms with Crippen LogP contribution in [0.5, 0.6) is 0 Å². The standard InChI is InChI=1S/C27H23FN4O4/c28-19-9-7-18(8-10-19)27(35)32-13-11-17(12-14-32)25(33)30-31-26(34)21-16-23(24-6-3-15-36-24)29-22-5-2-1-4-20(21)22/h1-10,15-17H,11-14H2,(H,30,33)(H,31,34). The van der Waals surface area contributed by atoms with Gasteiger partial charge in [-0.25, -0.2) is 9.37 Å². The second-order valence-corrected chi connectivity index (χ2v) is 8.57. The second kappa shape index (κ2) is 9.99. The van der Waals surface area contributed by atoms with Crippen molar-refractivity contribution in [2.75, 3.05) is 13.1 Å². The van der Waals surface area contributed by atoms with Crippen LogP contribution in [0.2, 0.25) is 0 Å². The highest BCUT2D eigenvalue weighted by molar-refractivity contribution is 6.07. The Bertz CT molecular complexity index is 1410. The highest BCUT2D eigenvalue weighted by Gasteiger charge is 2.28. The van der Waals surface area contributed by atoms with Crippen LogP contribution in [0.3, 0.4) is 0 Å². The molecule has 0 aliphatic carbocycles. The van der Waals surface area contributed by atoms with Crippen LogP contribution < -0.4 is 10.9 Å². The van der Waals surface area contributed by atoms with Crippen molar-refractivity contribution in [3.8, 4) is 11.5 Å². The third-order valence-electron chi connectivity index (χ3n) is 6.28. The van der Waals surface area contributed by atoms with Crippen molar-refractivity contribution in [1.29, 1.82) is 0 Å². The van der Waals surface area contributed by atoms with Crippen molar-refractivity contribution in [3.05, 3.63) is 89.9 Å². The molecule has 36 heavy (non-hydrogen) atoms. The Labute approximate surface area is 206 Å². The number of carbonyl (C=O) groups is 3. The molecule has 5 rings (SSSR count). The van der Waals surface area contributed by atoms with Gasteiger partial charge in [-0.15, -0.1) is 0 Å². The summed E-state index contributed by atoms with van der Waals surface area (Å²) in [6.07, 6.45) is 2.44. The number of halogens is 1. The average molecular weight is 487 g/mol. The SMILES string of the molecule is O=C(NNC(=O)C1CCN(C(=O)c2ccc(F)cc2)CC1)c1cc(-c2ccco2)nc2ccccc12. The largest absolute Gasteiger partial charge is 0.463 e. The average Bonchev–Trinajstić information content (AvgIpc) is 3.46. The topological polar surface area (TPSA) is 105 Å². The van der Waals surface area contributed by atoms with Crippen LogP contribution in [-0.4, -0.2) is 40.7 Å². The summed E-state index contributed by atoms with van der Waals surface area (Å²) in [5, 5.41) is 0.646. The first-order valence-electron chi connectivity index (χ1n) is 11.6. The molecule has 2 N–H and O–H groups in total. The zero-order valence-corrected chi connectivity index (χ0v) is 19.2. The number of hydrazine groups is 1. The van der Waals surface area contributed by atoms with E-state index in [4.69, 9.17) is 4.42 Å². The Morgan fingerprint density at radius 3 is 2.42 bits per heavy atom. The molecule has 2 aromatic heterocycles. The third-order valence-corrected chi connectivity index (χ3v) is 6.28. The lowest BCUT2D eigenvalue weighted by Gasteiger charge is -2.31. The number of aromatic nitrogens is 1. The Morgan fingerprint density at radius 2 is 1.69 bits per heavy atom. The lowest BCUT2D eigenvalue weighted by molar-refractivity contribution is -0.127. The van der Waals surface area contributed by atoms with E-state index in [2.05, 4.69) is 15.8 Å². The van der Waals surface area contributed by atoms with Gasteiger partial charge in [-0.05, 0) is 61.4 Å². The highest BCUT2D eigenvalue weighted by atomic mass is 19.1. The van der Waals surface area contributed by atoms with Crippen LogP contribution in [0.4, 0.5) is 4.39 Å². The summed E-state index contributed by atoms with van der Waals surface area (Å²) in [5.74, 6) is -1.21. The van der Waals surface area contributed by atoms with Gasteiger partial charge < -0.3 is 9.32 Å². The van der Waals surface area contributed by atoms with Gasteiger partial charge in [0.05, 0.1) is 17.3 Å². The van der Waals surface area contributed by atoms with Crippen molar-refractivity contribution < 1.29 is 23.2 Å². The van der Waals surface area contributed by atoms with Gasteiger partial charge >= 0.3 is 0 Å². The maximum Gasteiger partial charge on any atom is 0.270 e. The highest BCUT2D eigenvalue weighted by Crippen LogP contribution is 2.25. The van der Waals surface area contributed by atoms with Gasteiger partial charge in [0.15, 0.2) is 5.76 Å². The second-order valence-electron chi connectivity index (χ2n) is 8.57. The summed E-state index contributed by atoms with van der Waals surface area (Å²) in [6.45, 7) is 0.785. The van der Waals surface area contributed by atoms with Crippen molar-refractivity contribution in [3.63, 3.8) is 0 Å². The van der Waals surface area contributed by atoms with Crippen molar-refractivity contribution in [2.45, 2.75) is 12.8 Å². The van der Waals surface area contributed by atoms with Gasteiger partial charge in [0, 0.05) is 30.0 Å². The van der Waals surface area contributed by atoms with Crippen molar-refractivity contribution in [2.24, 2.45) is 5.92 Å². The predicted molar refractivity (Wildman–Crippen MR) is 130 cm³/mol. The molecule has 9 heteroatoms. The number of nitrogens with one attached hydrogen (secondary N) is 2. The van der Waals surface area contributed by atoms with E-state index < -0.39 is 11.7 Å². The summed E-state index contributed by atoms with van der Waals surface area (Å²) >= 11 is 0. The molecule has 0 spiro atoms. The van der Waals surface area contributed by atoms with Crippen molar-refractivity contribution >= 4 is 28.6 Å². The van der Waals surface area contributed by atoms with Gasteiger partial charge in [0.1, 0.15) is 11.5 Å². The molecule has 1 fully saturated rings. The number of likely N-dealkylation sites (tertiary alicyclic amines) is 1. The quantitative estimate of drug-likeness (QED) is 0.425. The number of benzene rings is 2. The van der Waals surface area contributed by atoms with E-state index in [-0.39, 0.29) is 17.7 Å². The van der Waals surface area contributed by atoms with Gasteiger partial charge in [-0.2, -0.15) is 0 Å². The number of amides is 3. The van der Waals surface area contributed by atoms with Gasteiger partial charge in [-0.1, -0.05) is 18.2 Å². The molecule has 2 aromatic carbocycles. The molecule has 0 unspecified atom stereocenters. The number of hydrogen-bond acceptors (Lipinski definition) is 5. The fourth-order valence-electron chi connectivity index (χ4n) is 4.32. The molecule has 1 aliphatic rings. The summed E-state index contributed by atoms with van der Waals surface area (Å²) in [6, 6.07) is 17.8. The van der Waals surface area contributed by atoms with E-state index in [1.807, 2.05) is 12.1 Å². The third kappa shape index (κ3) is 4.81. The fraction of sp³-hybridized carbons (Fsp3) is 0.185. The number of para-hydroxylation sites is 1. The van der Waals surface area contributed by atoms with Crippen LogP contribution in [0.1, 0.15) is 33.6 Å². The Balaban J connectivity index is 1.21. The van der Waals surface area contributed by atoms with Crippen LogP contribution in [0.15, 0.2) is 77.4 Å². The summed E-state index contributed by atoms with van der Waals surface area (Å²) in [5.41, 5.74) is 6.93. The Kier molecular flexibility index (Phi) is 6.44. The molecule has 0 radical (unpaired) electrons. The molecular weight excluding hydrogens is 463 g/mol. The molecule has 0 bridgehead atoms. The maximum atomic E-state index is 13.1. The predicted octanol–water partition coefficient (Wildman–Crippen LogP) is 3.95. The summed E-state index contributed by atoms with van der Waals surface area (Å²) < 4.78 is 18.6. The normalized spacial score (nSPS) is 14.0. The van der Waals surface area contributed by atoms with Crippen LogP contribution in [-0.2, 0) is 4.79 Å². The summed E-state index contributed by atoms with van der Waals surface area (Å²) in [4.78, 5) is 44.6. The number of rotatable bonds is 4. The first kappa shape index (κ1) is 23.2. The minimum absolute atomic E-state index is 0.195. The first-order valence-corrected chi connectivity index (χ1v) is 11.6. The van der Waals surface area contributed by atoms with Gasteiger partial charge in [0.25, 0.3) is 11.8 Å². The zero-order chi connectivity index (χ0) is 25.1. The fourth-order valence-corrected chi connectivity index (χ4v) is 4.32. The molecule has 0 saturated carbocycles.